The number of ether oxygens (including phenoxy) is 1. The highest BCUT2D eigenvalue weighted by Crippen LogP contribution is 2.24. The number of nitrogens with zero attached hydrogens (tertiary/aromatic N) is 1. The minimum Gasteiger partial charge on any atom is -0.471 e. The van der Waals surface area contributed by atoms with Crippen LogP contribution in [0.2, 0.25) is 0 Å². The van der Waals surface area contributed by atoms with E-state index in [1.165, 1.54) is 0 Å². The van der Waals surface area contributed by atoms with Gasteiger partial charge < -0.3 is 4.74 Å². The van der Waals surface area contributed by atoms with Crippen molar-refractivity contribution in [1.82, 2.24) is 0 Å². The smallest absolute Gasteiger partial charge is 0.221 e. The lowest BCUT2D eigenvalue weighted by atomic mass is 10.1. The Morgan fingerprint density at radius 1 is 0.955 bits per heavy atom. The summed E-state index contributed by atoms with van der Waals surface area (Å²) in [5.74, 6) is -5.57. The molecule has 0 N–H and O–H groups in total. The maximum Gasteiger partial charge on any atom is 0.221 e. The molecule has 0 fully saturated rings. The van der Waals surface area contributed by atoms with Crippen LogP contribution >= 0.6 is 0 Å². The van der Waals surface area contributed by atoms with Crippen LogP contribution in [0.15, 0.2) is 47.1 Å². The molecule has 3 rings (SSSR count). The van der Waals surface area contributed by atoms with Crippen LogP contribution < -0.4 is 0 Å². The van der Waals surface area contributed by atoms with E-state index in [1.54, 1.807) is 24.3 Å². The molecule has 2 aromatic rings. The van der Waals surface area contributed by atoms with Crippen molar-refractivity contribution in [2.45, 2.75) is 0 Å². The standard InChI is InChI=1S/C16H9F4NO/c17-12-7-13(18)15(20)11(14(12)19)6-10-8-22-16(21-10)9-4-2-1-3-5-9/h1-7H,8H2/b10-6+. The van der Waals surface area contributed by atoms with E-state index >= 15 is 0 Å². The summed E-state index contributed by atoms with van der Waals surface area (Å²) in [6.07, 6.45) is 0.937. The average molecular weight is 307 g/mol. The van der Waals surface area contributed by atoms with Crippen LogP contribution in [-0.4, -0.2) is 12.5 Å². The second-order valence-electron chi connectivity index (χ2n) is 4.59. The molecule has 0 saturated heterocycles. The molecule has 0 unspecified atom stereocenters. The number of hydrogen-bond acceptors (Lipinski definition) is 2. The minimum absolute atomic E-state index is 0.0404. The number of hydrogen-bond donors (Lipinski definition) is 0. The topological polar surface area (TPSA) is 21.6 Å². The normalized spacial score (nSPS) is 15.8. The zero-order valence-corrected chi connectivity index (χ0v) is 11.1. The molecule has 112 valence electrons. The molecule has 0 radical (unpaired) electrons. The van der Waals surface area contributed by atoms with E-state index < -0.39 is 28.8 Å². The number of halogens is 4. The molecule has 22 heavy (non-hydrogen) atoms. The van der Waals surface area contributed by atoms with E-state index in [2.05, 4.69) is 4.99 Å². The Balaban J connectivity index is 2.00. The van der Waals surface area contributed by atoms with E-state index in [9.17, 15) is 17.6 Å². The molecule has 0 aromatic heterocycles. The monoisotopic (exact) mass is 307 g/mol. The molecule has 0 bridgehead atoms. The van der Waals surface area contributed by atoms with Crippen LogP contribution in [0.4, 0.5) is 17.6 Å². The van der Waals surface area contributed by atoms with Gasteiger partial charge in [-0.25, -0.2) is 22.6 Å². The summed E-state index contributed by atoms with van der Waals surface area (Å²) >= 11 is 0. The van der Waals surface area contributed by atoms with Gasteiger partial charge in [-0.2, -0.15) is 0 Å². The largest absolute Gasteiger partial charge is 0.471 e. The van der Waals surface area contributed by atoms with Crippen molar-refractivity contribution < 1.29 is 22.3 Å². The van der Waals surface area contributed by atoms with Gasteiger partial charge in [0.2, 0.25) is 5.90 Å². The van der Waals surface area contributed by atoms with Gasteiger partial charge in [-0.15, -0.1) is 0 Å². The molecule has 0 saturated carbocycles. The van der Waals surface area contributed by atoms with E-state index in [1.807, 2.05) is 6.07 Å². The van der Waals surface area contributed by atoms with Gasteiger partial charge in [-0.3, -0.25) is 0 Å². The van der Waals surface area contributed by atoms with Crippen LogP contribution in [-0.2, 0) is 4.74 Å². The maximum atomic E-state index is 13.6. The molecule has 1 heterocycles. The molecule has 0 aliphatic carbocycles. The van der Waals surface area contributed by atoms with Gasteiger partial charge in [0.25, 0.3) is 0 Å². The van der Waals surface area contributed by atoms with Crippen molar-refractivity contribution >= 4 is 12.0 Å². The molecular weight excluding hydrogens is 298 g/mol. The molecule has 0 atom stereocenters. The summed E-state index contributed by atoms with van der Waals surface area (Å²) in [5.41, 5.74) is 0.0491. The van der Waals surface area contributed by atoms with Crippen molar-refractivity contribution in [2.75, 3.05) is 6.61 Å². The Morgan fingerprint density at radius 2 is 1.59 bits per heavy atom. The Bertz CT molecular complexity index is 758. The van der Waals surface area contributed by atoms with Crippen LogP contribution in [0.5, 0.6) is 0 Å². The number of aliphatic imine (C=N–C) groups is 1. The summed E-state index contributed by atoms with van der Waals surface area (Å²) in [7, 11) is 0. The first kappa shape index (κ1) is 14.3. The van der Waals surface area contributed by atoms with Gasteiger partial charge in [0.1, 0.15) is 6.61 Å². The summed E-state index contributed by atoms with van der Waals surface area (Å²) in [4.78, 5) is 4.07. The zero-order valence-electron chi connectivity index (χ0n) is 11.1. The molecule has 0 amide bonds. The van der Waals surface area contributed by atoms with E-state index in [4.69, 9.17) is 4.74 Å². The molecular formula is C16H9F4NO. The summed E-state index contributed by atoms with van der Waals surface area (Å²) in [6.45, 7) is -0.0404. The van der Waals surface area contributed by atoms with Crippen molar-refractivity contribution in [3.63, 3.8) is 0 Å². The Kier molecular flexibility index (Phi) is 3.66. The van der Waals surface area contributed by atoms with E-state index in [-0.39, 0.29) is 24.3 Å². The van der Waals surface area contributed by atoms with Gasteiger partial charge in [0, 0.05) is 11.6 Å². The van der Waals surface area contributed by atoms with Crippen molar-refractivity contribution in [3.05, 3.63) is 76.5 Å². The summed E-state index contributed by atoms with van der Waals surface area (Å²) in [6, 6.07) is 9.05. The fourth-order valence-electron chi connectivity index (χ4n) is 2.02. The predicted molar refractivity (Wildman–Crippen MR) is 73.2 cm³/mol. The zero-order chi connectivity index (χ0) is 15.7. The van der Waals surface area contributed by atoms with Crippen LogP contribution in [0.1, 0.15) is 11.1 Å². The van der Waals surface area contributed by atoms with E-state index in [0.29, 0.717) is 5.56 Å². The molecule has 0 spiro atoms. The molecule has 1 aliphatic heterocycles. The third kappa shape index (κ3) is 2.59. The molecule has 1 aliphatic rings. The first-order valence-electron chi connectivity index (χ1n) is 6.36. The lowest BCUT2D eigenvalue weighted by molar-refractivity contribution is 0.365. The Hall–Kier alpha value is -2.63. The average Bonchev–Trinajstić information content (AvgIpc) is 2.99. The number of rotatable bonds is 2. The fraction of sp³-hybridized carbons (Fsp3) is 0.0625. The Labute approximate surface area is 123 Å². The van der Waals surface area contributed by atoms with Crippen LogP contribution in [0.3, 0.4) is 0 Å². The van der Waals surface area contributed by atoms with Gasteiger partial charge in [0.15, 0.2) is 23.3 Å². The van der Waals surface area contributed by atoms with E-state index in [0.717, 1.165) is 6.08 Å². The third-order valence-corrected chi connectivity index (χ3v) is 3.08. The maximum absolute atomic E-state index is 13.6. The lowest BCUT2D eigenvalue weighted by Crippen LogP contribution is -2.00. The summed E-state index contributed by atoms with van der Waals surface area (Å²) in [5, 5.41) is 0. The predicted octanol–water partition coefficient (Wildman–Crippen LogP) is 4.06. The molecule has 2 nitrogen and oxygen atoms in total. The van der Waals surface area contributed by atoms with Crippen molar-refractivity contribution in [1.29, 1.82) is 0 Å². The van der Waals surface area contributed by atoms with Gasteiger partial charge in [-0.05, 0) is 18.2 Å². The lowest BCUT2D eigenvalue weighted by Gasteiger charge is -2.02. The minimum atomic E-state index is -1.46. The highest BCUT2D eigenvalue weighted by molar-refractivity contribution is 5.96. The second kappa shape index (κ2) is 5.63. The fourth-order valence-corrected chi connectivity index (χ4v) is 2.02. The number of benzene rings is 2. The molecule has 2 aromatic carbocycles. The first-order chi connectivity index (χ1) is 10.6. The van der Waals surface area contributed by atoms with Gasteiger partial charge >= 0.3 is 0 Å². The van der Waals surface area contributed by atoms with Crippen LogP contribution in [0.25, 0.3) is 6.08 Å². The second-order valence-corrected chi connectivity index (χ2v) is 4.59. The Morgan fingerprint density at radius 3 is 2.23 bits per heavy atom. The van der Waals surface area contributed by atoms with Crippen LogP contribution in [0, 0.1) is 23.3 Å². The molecule has 6 heteroatoms. The summed E-state index contributed by atoms with van der Waals surface area (Å²) < 4.78 is 58.8. The van der Waals surface area contributed by atoms with Crippen molar-refractivity contribution in [2.24, 2.45) is 4.99 Å². The SMILES string of the molecule is Fc1cc(F)c(F)c(/C=C2\COC(c3ccccc3)=N2)c1F. The van der Waals surface area contributed by atoms with Gasteiger partial charge in [-0.1, -0.05) is 18.2 Å². The van der Waals surface area contributed by atoms with Crippen molar-refractivity contribution in [3.8, 4) is 0 Å². The first-order valence-corrected chi connectivity index (χ1v) is 6.36. The highest BCUT2D eigenvalue weighted by atomic mass is 19.2. The quantitative estimate of drug-likeness (QED) is 0.605. The highest BCUT2D eigenvalue weighted by Gasteiger charge is 2.20. The van der Waals surface area contributed by atoms with Gasteiger partial charge in [0.05, 0.1) is 11.3 Å². The third-order valence-electron chi connectivity index (χ3n) is 3.08.